The molecule has 0 atom stereocenters. The first kappa shape index (κ1) is 23.8. The van der Waals surface area contributed by atoms with Crippen molar-refractivity contribution in [1.82, 2.24) is 0 Å². The van der Waals surface area contributed by atoms with E-state index in [1.807, 2.05) is 6.07 Å². The predicted molar refractivity (Wildman–Crippen MR) is 135 cm³/mol. The second-order valence-corrected chi connectivity index (χ2v) is 9.18. The number of hydrogen-bond donors (Lipinski definition) is 3. The number of urea groups is 1. The first-order valence-electron chi connectivity index (χ1n) is 10.5. The van der Waals surface area contributed by atoms with Crippen molar-refractivity contribution in [3.8, 4) is 16.9 Å². The van der Waals surface area contributed by atoms with Crippen LogP contribution in [0.5, 0.6) is 5.75 Å². The monoisotopic (exact) mass is 491 g/mol. The molecule has 0 unspecified atom stereocenters. The van der Waals surface area contributed by atoms with Crippen molar-refractivity contribution >= 4 is 33.1 Å². The Morgan fingerprint density at radius 2 is 1.49 bits per heavy atom. The third-order valence-electron chi connectivity index (χ3n) is 5.06. The van der Waals surface area contributed by atoms with Crippen molar-refractivity contribution in [3.05, 3.63) is 103 Å². The van der Waals surface area contributed by atoms with Gasteiger partial charge >= 0.3 is 6.03 Å². The summed E-state index contributed by atoms with van der Waals surface area (Å²) in [6, 6.07) is 25.2. The fourth-order valence-electron chi connectivity index (χ4n) is 3.36. The lowest BCUT2D eigenvalue weighted by atomic mass is 10.1. The molecule has 9 heteroatoms. The number of amides is 2. The normalized spacial score (nSPS) is 10.9. The van der Waals surface area contributed by atoms with E-state index in [4.69, 9.17) is 4.74 Å². The molecule has 0 fully saturated rings. The summed E-state index contributed by atoms with van der Waals surface area (Å²) >= 11 is 0. The average molecular weight is 492 g/mol. The number of nitrogens with one attached hydrogen (secondary N) is 3. The molecule has 0 bridgehead atoms. The van der Waals surface area contributed by atoms with E-state index in [-0.39, 0.29) is 22.1 Å². The summed E-state index contributed by atoms with van der Waals surface area (Å²) in [6.07, 6.45) is 0. The number of anilines is 3. The SMILES string of the molecule is COc1cc(NC(=O)Nc2ccccc2)ccc1NS(=O)(=O)c1cccc(-c2ccc(F)cc2)c1. The van der Waals surface area contributed by atoms with Crippen LogP contribution in [0.4, 0.5) is 26.2 Å². The fraction of sp³-hybridized carbons (Fsp3) is 0.0385. The smallest absolute Gasteiger partial charge is 0.323 e. The van der Waals surface area contributed by atoms with E-state index in [1.165, 1.54) is 43.5 Å². The Bertz CT molecular complexity index is 1440. The lowest BCUT2D eigenvalue weighted by Crippen LogP contribution is -2.19. The summed E-state index contributed by atoms with van der Waals surface area (Å²) in [4.78, 5) is 12.3. The minimum atomic E-state index is -3.96. The maximum Gasteiger partial charge on any atom is 0.323 e. The van der Waals surface area contributed by atoms with E-state index < -0.39 is 16.1 Å². The Morgan fingerprint density at radius 3 is 2.20 bits per heavy atom. The Morgan fingerprint density at radius 1 is 0.771 bits per heavy atom. The summed E-state index contributed by atoms with van der Waals surface area (Å²) in [6.45, 7) is 0. The molecule has 0 radical (unpaired) electrons. The average Bonchev–Trinajstić information content (AvgIpc) is 2.86. The molecular weight excluding hydrogens is 469 g/mol. The fourth-order valence-corrected chi connectivity index (χ4v) is 4.47. The van der Waals surface area contributed by atoms with Crippen LogP contribution in [-0.4, -0.2) is 21.6 Å². The zero-order valence-electron chi connectivity index (χ0n) is 18.7. The predicted octanol–water partition coefficient (Wildman–Crippen LogP) is 5.95. The molecule has 0 spiro atoms. The van der Waals surface area contributed by atoms with Gasteiger partial charge in [0, 0.05) is 17.4 Å². The van der Waals surface area contributed by atoms with E-state index in [1.54, 1.807) is 54.6 Å². The first-order chi connectivity index (χ1) is 16.8. The summed E-state index contributed by atoms with van der Waals surface area (Å²) < 4.78 is 47.2. The number of carbonyl (C=O) groups is 1. The number of carbonyl (C=O) groups excluding carboxylic acids is 1. The molecule has 0 aliphatic carbocycles. The Balaban J connectivity index is 1.51. The van der Waals surface area contributed by atoms with Crippen LogP contribution in [-0.2, 0) is 10.0 Å². The molecule has 35 heavy (non-hydrogen) atoms. The maximum absolute atomic E-state index is 13.2. The number of para-hydroxylation sites is 1. The lowest BCUT2D eigenvalue weighted by Gasteiger charge is -2.14. The number of ether oxygens (including phenoxy) is 1. The highest BCUT2D eigenvalue weighted by atomic mass is 32.2. The van der Waals surface area contributed by atoms with Gasteiger partial charge in [-0.2, -0.15) is 0 Å². The van der Waals surface area contributed by atoms with E-state index in [0.717, 1.165) is 0 Å². The van der Waals surface area contributed by atoms with Gasteiger partial charge in [-0.3, -0.25) is 4.72 Å². The Hall–Kier alpha value is -4.37. The van der Waals surface area contributed by atoms with Crippen LogP contribution in [0.2, 0.25) is 0 Å². The number of methoxy groups -OCH3 is 1. The molecule has 2 amide bonds. The van der Waals surface area contributed by atoms with Crippen LogP contribution < -0.4 is 20.1 Å². The molecule has 178 valence electrons. The van der Waals surface area contributed by atoms with Crippen LogP contribution in [0.1, 0.15) is 0 Å². The summed E-state index contributed by atoms with van der Waals surface area (Å²) in [5.74, 6) is -0.150. The van der Waals surface area contributed by atoms with Gasteiger partial charge in [-0.05, 0) is 59.7 Å². The largest absolute Gasteiger partial charge is 0.494 e. The van der Waals surface area contributed by atoms with E-state index in [2.05, 4.69) is 15.4 Å². The van der Waals surface area contributed by atoms with Gasteiger partial charge in [0.05, 0.1) is 17.7 Å². The van der Waals surface area contributed by atoms with Crippen molar-refractivity contribution in [2.24, 2.45) is 0 Å². The number of rotatable bonds is 7. The second-order valence-electron chi connectivity index (χ2n) is 7.50. The van der Waals surface area contributed by atoms with Crippen molar-refractivity contribution in [1.29, 1.82) is 0 Å². The molecule has 7 nitrogen and oxygen atoms in total. The van der Waals surface area contributed by atoms with Crippen molar-refractivity contribution in [2.75, 3.05) is 22.5 Å². The van der Waals surface area contributed by atoms with Gasteiger partial charge in [0.1, 0.15) is 11.6 Å². The molecular formula is C26H22FN3O4S. The molecule has 0 heterocycles. The first-order valence-corrected chi connectivity index (χ1v) is 12.0. The van der Waals surface area contributed by atoms with E-state index in [0.29, 0.717) is 22.5 Å². The van der Waals surface area contributed by atoms with Crippen LogP contribution in [0.15, 0.2) is 102 Å². The number of benzene rings is 4. The number of halogens is 1. The van der Waals surface area contributed by atoms with Crippen molar-refractivity contribution in [2.45, 2.75) is 4.90 Å². The summed E-state index contributed by atoms with van der Waals surface area (Å²) in [5, 5.41) is 5.38. The molecule has 4 aromatic rings. The highest BCUT2D eigenvalue weighted by molar-refractivity contribution is 7.92. The topological polar surface area (TPSA) is 96.5 Å². The number of sulfonamides is 1. The third kappa shape index (κ3) is 5.96. The minimum Gasteiger partial charge on any atom is -0.494 e. The Kier molecular flexibility index (Phi) is 6.98. The standard InChI is InChI=1S/C26H22FN3O4S/c1-34-25-17-22(29-26(31)28-21-7-3-2-4-8-21)14-15-24(25)30-35(32,33)23-9-5-6-19(16-23)18-10-12-20(27)13-11-18/h2-17,30H,1H3,(H2,28,29,31). The highest BCUT2D eigenvalue weighted by Crippen LogP contribution is 2.31. The van der Waals surface area contributed by atoms with E-state index >= 15 is 0 Å². The molecule has 0 aromatic heterocycles. The molecule has 0 saturated carbocycles. The summed E-state index contributed by atoms with van der Waals surface area (Å²) in [7, 11) is -2.57. The van der Waals surface area contributed by atoms with Gasteiger partial charge in [-0.1, -0.05) is 42.5 Å². The van der Waals surface area contributed by atoms with Gasteiger partial charge in [-0.25, -0.2) is 17.6 Å². The minimum absolute atomic E-state index is 0.0332. The number of hydrogen-bond acceptors (Lipinski definition) is 4. The lowest BCUT2D eigenvalue weighted by molar-refractivity contribution is 0.262. The summed E-state index contributed by atoms with van der Waals surface area (Å²) in [5.41, 5.74) is 2.56. The van der Waals surface area contributed by atoms with Crippen LogP contribution >= 0.6 is 0 Å². The highest BCUT2D eigenvalue weighted by Gasteiger charge is 2.18. The third-order valence-corrected chi connectivity index (χ3v) is 6.42. The Labute approximate surface area is 202 Å². The van der Waals surface area contributed by atoms with Crippen molar-refractivity contribution in [3.63, 3.8) is 0 Å². The second kappa shape index (κ2) is 10.3. The van der Waals surface area contributed by atoms with Gasteiger partial charge in [0.15, 0.2) is 0 Å². The molecule has 0 aliphatic rings. The van der Waals surface area contributed by atoms with Crippen LogP contribution in [0, 0.1) is 5.82 Å². The quantitative estimate of drug-likeness (QED) is 0.298. The van der Waals surface area contributed by atoms with Gasteiger partial charge in [0.25, 0.3) is 10.0 Å². The van der Waals surface area contributed by atoms with Gasteiger partial charge in [-0.15, -0.1) is 0 Å². The van der Waals surface area contributed by atoms with Gasteiger partial charge in [0.2, 0.25) is 0 Å². The van der Waals surface area contributed by atoms with Crippen LogP contribution in [0.3, 0.4) is 0 Å². The molecule has 4 aromatic carbocycles. The molecule has 0 aliphatic heterocycles. The maximum atomic E-state index is 13.2. The van der Waals surface area contributed by atoms with Gasteiger partial charge < -0.3 is 15.4 Å². The molecule has 0 saturated heterocycles. The van der Waals surface area contributed by atoms with Crippen molar-refractivity contribution < 1.29 is 22.3 Å². The van der Waals surface area contributed by atoms with E-state index in [9.17, 15) is 17.6 Å². The molecule has 3 N–H and O–H groups in total. The zero-order chi connectivity index (χ0) is 24.8. The van der Waals surface area contributed by atoms with Crippen LogP contribution in [0.25, 0.3) is 11.1 Å². The zero-order valence-corrected chi connectivity index (χ0v) is 19.5. The molecule has 4 rings (SSSR count).